The number of benzene rings is 1. The van der Waals surface area contributed by atoms with E-state index in [0.29, 0.717) is 18.5 Å². The van der Waals surface area contributed by atoms with Crippen molar-refractivity contribution in [3.05, 3.63) is 34.1 Å². The predicted molar refractivity (Wildman–Crippen MR) is 81.5 cm³/mol. The number of amides is 2. The zero-order chi connectivity index (χ0) is 15.2. The van der Waals surface area contributed by atoms with E-state index < -0.39 is 5.82 Å². The molecule has 1 aromatic carbocycles. The molecule has 0 atom stereocenters. The lowest BCUT2D eigenvalue weighted by Gasteiger charge is -2.26. The zero-order valence-corrected chi connectivity index (χ0v) is 13.3. The maximum Gasteiger partial charge on any atom is 0.251 e. The summed E-state index contributed by atoms with van der Waals surface area (Å²) in [5.74, 6) is -0.635. The van der Waals surface area contributed by atoms with E-state index in [-0.39, 0.29) is 16.3 Å². The number of nitrogens with one attached hydrogen (secondary N) is 1. The van der Waals surface area contributed by atoms with Gasteiger partial charge >= 0.3 is 0 Å². The van der Waals surface area contributed by atoms with Gasteiger partial charge in [-0.25, -0.2) is 4.39 Å². The normalized spacial score (nSPS) is 14.9. The number of nitrogens with zero attached hydrogens (tertiary/aromatic N) is 1. The van der Waals surface area contributed by atoms with E-state index in [1.54, 1.807) is 0 Å². The number of halogens is 2. The van der Waals surface area contributed by atoms with Crippen molar-refractivity contribution in [3.8, 4) is 0 Å². The molecule has 1 saturated heterocycles. The van der Waals surface area contributed by atoms with Crippen LogP contribution in [0, 0.1) is 5.82 Å². The molecule has 0 aliphatic carbocycles. The first-order chi connectivity index (χ1) is 10.1. The van der Waals surface area contributed by atoms with Crippen LogP contribution in [0.3, 0.4) is 0 Å². The fraction of sp³-hybridized carbons (Fsp3) is 0.467. The summed E-state index contributed by atoms with van der Waals surface area (Å²) in [7, 11) is 0. The number of hydrogen-bond donors (Lipinski definition) is 1. The molecular weight excluding hydrogens is 339 g/mol. The average molecular weight is 357 g/mol. The molecule has 1 N–H and O–H groups in total. The Balaban J connectivity index is 1.78. The number of carbonyl (C=O) groups excluding carboxylic acids is 2. The van der Waals surface area contributed by atoms with E-state index in [1.165, 1.54) is 24.6 Å². The third kappa shape index (κ3) is 4.52. The Labute approximate surface area is 131 Å². The molecule has 6 heteroatoms. The molecule has 0 unspecified atom stereocenters. The van der Waals surface area contributed by atoms with Crippen molar-refractivity contribution in [1.82, 2.24) is 10.2 Å². The van der Waals surface area contributed by atoms with E-state index in [4.69, 9.17) is 0 Å². The highest BCUT2D eigenvalue weighted by Crippen LogP contribution is 2.16. The second-order valence-corrected chi connectivity index (χ2v) is 5.93. The van der Waals surface area contributed by atoms with E-state index >= 15 is 0 Å². The highest BCUT2D eigenvalue weighted by atomic mass is 79.9. The van der Waals surface area contributed by atoms with Gasteiger partial charge in [0, 0.05) is 31.6 Å². The maximum absolute atomic E-state index is 13.1. The highest BCUT2D eigenvalue weighted by molar-refractivity contribution is 9.10. The summed E-state index contributed by atoms with van der Waals surface area (Å²) < 4.78 is 13.3. The van der Waals surface area contributed by atoms with Gasteiger partial charge in [0.05, 0.1) is 4.47 Å². The second kappa shape index (κ2) is 7.54. The van der Waals surface area contributed by atoms with Crippen molar-refractivity contribution < 1.29 is 14.0 Å². The van der Waals surface area contributed by atoms with Crippen molar-refractivity contribution >= 4 is 27.7 Å². The summed E-state index contributed by atoms with van der Waals surface area (Å²) in [5.41, 5.74) is 0.369. The standard InChI is InChI=1S/C15H18BrFN2O2/c16-12-10-11(4-5-13(12)17)15(21)18-7-6-14(20)19-8-2-1-3-9-19/h4-5,10H,1-3,6-9H2,(H,18,21). The first-order valence-corrected chi connectivity index (χ1v) is 7.88. The molecule has 0 spiro atoms. The van der Waals surface area contributed by atoms with Gasteiger partial charge in [0.15, 0.2) is 0 Å². The van der Waals surface area contributed by atoms with Crippen molar-refractivity contribution in [2.45, 2.75) is 25.7 Å². The van der Waals surface area contributed by atoms with Gasteiger partial charge in [0.2, 0.25) is 5.91 Å². The van der Waals surface area contributed by atoms with E-state index in [0.717, 1.165) is 25.9 Å². The Morgan fingerprint density at radius 3 is 2.62 bits per heavy atom. The first kappa shape index (κ1) is 15.9. The molecule has 1 aliphatic rings. The third-order valence-corrected chi connectivity index (χ3v) is 4.12. The van der Waals surface area contributed by atoms with Gasteiger partial charge in [-0.05, 0) is 53.4 Å². The van der Waals surface area contributed by atoms with Crippen LogP contribution in [-0.2, 0) is 4.79 Å². The molecule has 4 nitrogen and oxygen atoms in total. The first-order valence-electron chi connectivity index (χ1n) is 7.09. The zero-order valence-electron chi connectivity index (χ0n) is 11.7. The molecule has 1 aliphatic heterocycles. The fourth-order valence-corrected chi connectivity index (χ4v) is 2.70. The Kier molecular flexibility index (Phi) is 5.73. The molecule has 2 rings (SSSR count). The van der Waals surface area contributed by atoms with Crippen LogP contribution in [-0.4, -0.2) is 36.3 Å². The van der Waals surface area contributed by atoms with Crippen LogP contribution < -0.4 is 5.32 Å². The van der Waals surface area contributed by atoms with Gasteiger partial charge in [-0.3, -0.25) is 9.59 Å². The smallest absolute Gasteiger partial charge is 0.251 e. The molecule has 2 amide bonds. The van der Waals surface area contributed by atoms with Gasteiger partial charge in [-0.1, -0.05) is 0 Å². The van der Waals surface area contributed by atoms with Crippen LogP contribution in [0.5, 0.6) is 0 Å². The highest BCUT2D eigenvalue weighted by Gasteiger charge is 2.16. The van der Waals surface area contributed by atoms with Crippen LogP contribution in [0.4, 0.5) is 4.39 Å². The van der Waals surface area contributed by atoms with Crippen molar-refractivity contribution in [1.29, 1.82) is 0 Å². The molecule has 1 fully saturated rings. The number of hydrogen-bond acceptors (Lipinski definition) is 2. The second-order valence-electron chi connectivity index (χ2n) is 5.08. The quantitative estimate of drug-likeness (QED) is 0.901. The summed E-state index contributed by atoms with van der Waals surface area (Å²) in [6.45, 7) is 1.93. The number of likely N-dealkylation sites (tertiary alicyclic amines) is 1. The molecule has 0 aromatic heterocycles. The number of rotatable bonds is 4. The SMILES string of the molecule is O=C(NCCC(=O)N1CCCCC1)c1ccc(F)c(Br)c1. The minimum Gasteiger partial charge on any atom is -0.352 e. The van der Waals surface area contributed by atoms with E-state index in [2.05, 4.69) is 21.2 Å². The van der Waals surface area contributed by atoms with Gasteiger partial charge in [-0.2, -0.15) is 0 Å². The van der Waals surface area contributed by atoms with Crippen molar-refractivity contribution in [2.24, 2.45) is 0 Å². The van der Waals surface area contributed by atoms with Gasteiger partial charge in [0.25, 0.3) is 5.91 Å². The number of carbonyl (C=O) groups is 2. The van der Waals surface area contributed by atoms with Crippen molar-refractivity contribution in [2.75, 3.05) is 19.6 Å². The van der Waals surface area contributed by atoms with Crippen LogP contribution in [0.25, 0.3) is 0 Å². The third-order valence-electron chi connectivity index (χ3n) is 3.51. The molecule has 114 valence electrons. The largest absolute Gasteiger partial charge is 0.352 e. The summed E-state index contributed by atoms with van der Waals surface area (Å²) in [4.78, 5) is 25.7. The minimum atomic E-state index is -0.410. The Hall–Kier alpha value is -1.43. The van der Waals surface area contributed by atoms with Crippen LogP contribution >= 0.6 is 15.9 Å². The molecule has 0 bridgehead atoms. The minimum absolute atomic E-state index is 0.0790. The van der Waals surface area contributed by atoms with E-state index in [9.17, 15) is 14.0 Å². The maximum atomic E-state index is 13.1. The van der Waals surface area contributed by atoms with Crippen LogP contribution in [0.15, 0.2) is 22.7 Å². The topological polar surface area (TPSA) is 49.4 Å². The monoisotopic (exact) mass is 356 g/mol. The Bertz CT molecular complexity index is 530. The molecular formula is C15H18BrFN2O2. The lowest BCUT2D eigenvalue weighted by Crippen LogP contribution is -2.37. The molecule has 0 saturated carbocycles. The predicted octanol–water partition coefficient (Wildman–Crippen LogP) is 2.72. The number of piperidine rings is 1. The summed E-state index contributed by atoms with van der Waals surface area (Å²) >= 11 is 3.04. The average Bonchev–Trinajstić information content (AvgIpc) is 2.50. The lowest BCUT2D eigenvalue weighted by atomic mass is 10.1. The van der Waals surface area contributed by atoms with Crippen LogP contribution in [0.1, 0.15) is 36.0 Å². The van der Waals surface area contributed by atoms with Crippen molar-refractivity contribution in [3.63, 3.8) is 0 Å². The summed E-state index contributed by atoms with van der Waals surface area (Å²) in [6.07, 6.45) is 3.59. The summed E-state index contributed by atoms with van der Waals surface area (Å²) in [6, 6.07) is 4.08. The fourth-order valence-electron chi connectivity index (χ4n) is 2.32. The van der Waals surface area contributed by atoms with Gasteiger partial charge in [0.1, 0.15) is 5.82 Å². The lowest BCUT2D eigenvalue weighted by molar-refractivity contribution is -0.131. The van der Waals surface area contributed by atoms with Gasteiger partial charge in [-0.15, -0.1) is 0 Å². The molecule has 0 radical (unpaired) electrons. The Morgan fingerprint density at radius 2 is 1.95 bits per heavy atom. The molecule has 1 heterocycles. The summed E-state index contributed by atoms with van der Waals surface area (Å²) in [5, 5.41) is 2.69. The molecule has 1 aromatic rings. The van der Waals surface area contributed by atoms with Crippen LogP contribution in [0.2, 0.25) is 0 Å². The van der Waals surface area contributed by atoms with E-state index in [1.807, 2.05) is 4.90 Å². The van der Waals surface area contributed by atoms with Gasteiger partial charge < -0.3 is 10.2 Å². The Morgan fingerprint density at radius 1 is 1.24 bits per heavy atom. The molecule has 21 heavy (non-hydrogen) atoms.